The van der Waals surface area contributed by atoms with Gasteiger partial charge < -0.3 is 10.1 Å². The van der Waals surface area contributed by atoms with Gasteiger partial charge in [-0.05, 0) is 26.3 Å². The van der Waals surface area contributed by atoms with Crippen LogP contribution in [0.5, 0.6) is 0 Å². The number of hydrogen-bond donors (Lipinski definition) is 1. The van der Waals surface area contributed by atoms with Crippen LogP contribution < -0.4 is 5.32 Å². The van der Waals surface area contributed by atoms with Crippen molar-refractivity contribution in [2.45, 2.75) is 58.0 Å². The van der Waals surface area contributed by atoms with Crippen LogP contribution in [0.2, 0.25) is 0 Å². The molecule has 0 aliphatic heterocycles. The maximum absolute atomic E-state index is 5.22. The molecule has 0 radical (unpaired) electrons. The summed E-state index contributed by atoms with van der Waals surface area (Å²) < 4.78 is 5.22. The Kier molecular flexibility index (Phi) is 7.82. The van der Waals surface area contributed by atoms with Gasteiger partial charge in [0.15, 0.2) is 0 Å². The molecule has 0 aromatic heterocycles. The lowest BCUT2D eigenvalue weighted by Gasteiger charge is -2.29. The van der Waals surface area contributed by atoms with Gasteiger partial charge >= 0.3 is 0 Å². The summed E-state index contributed by atoms with van der Waals surface area (Å²) in [5.74, 6) is 0. The Bertz CT molecular complexity index is 181. The summed E-state index contributed by atoms with van der Waals surface area (Å²) >= 11 is 0. The van der Waals surface area contributed by atoms with Gasteiger partial charge in [0.1, 0.15) is 0 Å². The molecular weight excluding hydrogens is 212 g/mol. The summed E-state index contributed by atoms with van der Waals surface area (Å²) in [6.07, 6.45) is 7.01. The van der Waals surface area contributed by atoms with Crippen LogP contribution in [-0.2, 0) is 4.74 Å². The number of hydrogen-bond acceptors (Lipinski definition) is 3. The zero-order chi connectivity index (χ0) is 12.5. The highest BCUT2D eigenvalue weighted by Crippen LogP contribution is 2.17. The third-order valence-electron chi connectivity index (χ3n) is 3.87. The molecule has 1 rings (SSSR count). The summed E-state index contributed by atoms with van der Waals surface area (Å²) in [5.41, 5.74) is 0. The Labute approximate surface area is 107 Å². The zero-order valence-corrected chi connectivity index (χ0v) is 11.9. The molecule has 0 heterocycles. The SMILES string of the molecule is CCN(CCNC1CCCCC1)C(C)COC. The van der Waals surface area contributed by atoms with E-state index in [0.29, 0.717) is 6.04 Å². The zero-order valence-electron chi connectivity index (χ0n) is 11.9. The van der Waals surface area contributed by atoms with Gasteiger partial charge in [-0.1, -0.05) is 26.2 Å². The molecular formula is C14H30N2O. The molecule has 0 spiro atoms. The second kappa shape index (κ2) is 8.90. The van der Waals surface area contributed by atoms with E-state index in [1.54, 1.807) is 7.11 Å². The molecule has 0 saturated heterocycles. The van der Waals surface area contributed by atoms with Gasteiger partial charge in [-0.25, -0.2) is 0 Å². The van der Waals surface area contributed by atoms with Crippen molar-refractivity contribution in [3.05, 3.63) is 0 Å². The molecule has 0 aromatic carbocycles. The van der Waals surface area contributed by atoms with E-state index in [0.717, 1.165) is 32.3 Å². The lowest BCUT2D eigenvalue weighted by Crippen LogP contribution is -2.42. The molecule has 1 atom stereocenters. The van der Waals surface area contributed by atoms with Crippen LogP contribution in [0.4, 0.5) is 0 Å². The second-order valence-corrected chi connectivity index (χ2v) is 5.22. The second-order valence-electron chi connectivity index (χ2n) is 5.22. The Morgan fingerprint density at radius 2 is 2.00 bits per heavy atom. The Morgan fingerprint density at radius 3 is 2.59 bits per heavy atom. The van der Waals surface area contributed by atoms with Gasteiger partial charge in [0, 0.05) is 32.3 Å². The highest BCUT2D eigenvalue weighted by atomic mass is 16.5. The Morgan fingerprint density at radius 1 is 1.29 bits per heavy atom. The van der Waals surface area contributed by atoms with E-state index in [2.05, 4.69) is 24.1 Å². The van der Waals surface area contributed by atoms with E-state index in [4.69, 9.17) is 4.74 Å². The lowest BCUT2D eigenvalue weighted by atomic mass is 9.95. The number of nitrogens with one attached hydrogen (secondary N) is 1. The van der Waals surface area contributed by atoms with E-state index >= 15 is 0 Å². The van der Waals surface area contributed by atoms with Crippen LogP contribution >= 0.6 is 0 Å². The average Bonchev–Trinajstić information content (AvgIpc) is 2.36. The fourth-order valence-electron chi connectivity index (χ4n) is 2.76. The summed E-state index contributed by atoms with van der Waals surface area (Å²) in [6.45, 7) is 8.67. The van der Waals surface area contributed by atoms with E-state index in [1.807, 2.05) is 0 Å². The smallest absolute Gasteiger partial charge is 0.0615 e. The first-order valence-electron chi connectivity index (χ1n) is 7.24. The highest BCUT2D eigenvalue weighted by molar-refractivity contribution is 4.73. The van der Waals surface area contributed by atoms with Crippen LogP contribution in [0, 0.1) is 0 Å². The minimum Gasteiger partial charge on any atom is -0.383 e. The van der Waals surface area contributed by atoms with Crippen molar-refractivity contribution in [3.63, 3.8) is 0 Å². The van der Waals surface area contributed by atoms with Gasteiger partial charge in [-0.3, -0.25) is 4.90 Å². The molecule has 1 aliphatic rings. The molecule has 17 heavy (non-hydrogen) atoms. The van der Waals surface area contributed by atoms with Crippen LogP contribution in [0.15, 0.2) is 0 Å². The number of ether oxygens (including phenoxy) is 1. The molecule has 0 aromatic rings. The maximum atomic E-state index is 5.22. The molecule has 0 bridgehead atoms. The van der Waals surface area contributed by atoms with Crippen molar-refractivity contribution >= 4 is 0 Å². The van der Waals surface area contributed by atoms with Gasteiger partial charge in [-0.2, -0.15) is 0 Å². The quantitative estimate of drug-likeness (QED) is 0.706. The standard InChI is InChI=1S/C14H30N2O/c1-4-16(13(2)12-17-3)11-10-15-14-8-6-5-7-9-14/h13-15H,4-12H2,1-3H3. The number of rotatable bonds is 8. The predicted molar refractivity (Wildman–Crippen MR) is 73.5 cm³/mol. The van der Waals surface area contributed by atoms with Gasteiger partial charge in [0.25, 0.3) is 0 Å². The minimum absolute atomic E-state index is 0.526. The Hall–Kier alpha value is -0.120. The fraction of sp³-hybridized carbons (Fsp3) is 1.00. The van der Waals surface area contributed by atoms with Crippen LogP contribution in [0.3, 0.4) is 0 Å². The Balaban J connectivity index is 2.13. The van der Waals surface area contributed by atoms with Crippen molar-refractivity contribution in [3.8, 4) is 0 Å². The molecule has 0 amide bonds. The first-order valence-corrected chi connectivity index (χ1v) is 7.24. The molecule has 3 nitrogen and oxygen atoms in total. The monoisotopic (exact) mass is 242 g/mol. The number of nitrogens with zero attached hydrogens (tertiary/aromatic N) is 1. The van der Waals surface area contributed by atoms with Crippen LogP contribution in [0.25, 0.3) is 0 Å². The summed E-state index contributed by atoms with van der Waals surface area (Å²) in [7, 11) is 1.78. The largest absolute Gasteiger partial charge is 0.383 e. The molecule has 1 N–H and O–H groups in total. The van der Waals surface area contributed by atoms with Crippen molar-refractivity contribution in [1.29, 1.82) is 0 Å². The first-order chi connectivity index (χ1) is 8.27. The van der Waals surface area contributed by atoms with E-state index in [-0.39, 0.29) is 0 Å². The highest BCUT2D eigenvalue weighted by Gasteiger charge is 2.14. The molecule has 1 unspecified atom stereocenters. The first kappa shape index (κ1) is 14.9. The molecule has 1 fully saturated rings. The van der Waals surface area contributed by atoms with E-state index in [9.17, 15) is 0 Å². The third kappa shape index (κ3) is 5.84. The topological polar surface area (TPSA) is 24.5 Å². The van der Waals surface area contributed by atoms with Gasteiger partial charge in [-0.15, -0.1) is 0 Å². The maximum Gasteiger partial charge on any atom is 0.0615 e. The molecule has 3 heteroatoms. The van der Waals surface area contributed by atoms with Crippen molar-refractivity contribution in [1.82, 2.24) is 10.2 Å². The van der Waals surface area contributed by atoms with E-state index < -0.39 is 0 Å². The lowest BCUT2D eigenvalue weighted by molar-refractivity contribution is 0.102. The molecule has 102 valence electrons. The van der Waals surface area contributed by atoms with Crippen molar-refractivity contribution in [2.75, 3.05) is 33.4 Å². The average molecular weight is 242 g/mol. The predicted octanol–water partition coefficient (Wildman–Crippen LogP) is 2.27. The van der Waals surface area contributed by atoms with Crippen molar-refractivity contribution < 1.29 is 4.74 Å². The van der Waals surface area contributed by atoms with Gasteiger partial charge in [0.2, 0.25) is 0 Å². The van der Waals surface area contributed by atoms with Gasteiger partial charge in [0.05, 0.1) is 6.61 Å². The van der Waals surface area contributed by atoms with Crippen LogP contribution in [0.1, 0.15) is 46.0 Å². The summed E-state index contributed by atoms with van der Waals surface area (Å²) in [6, 6.07) is 1.30. The summed E-state index contributed by atoms with van der Waals surface area (Å²) in [4.78, 5) is 2.49. The molecule has 1 saturated carbocycles. The van der Waals surface area contributed by atoms with Crippen molar-refractivity contribution in [2.24, 2.45) is 0 Å². The molecule has 1 aliphatic carbocycles. The third-order valence-corrected chi connectivity index (χ3v) is 3.87. The number of methoxy groups -OCH3 is 1. The number of likely N-dealkylation sites (N-methyl/N-ethyl adjacent to an activating group) is 1. The normalized spacial score (nSPS) is 19.8. The summed E-state index contributed by atoms with van der Waals surface area (Å²) in [5, 5.41) is 3.70. The van der Waals surface area contributed by atoms with Crippen LogP contribution in [-0.4, -0.2) is 50.3 Å². The fourth-order valence-corrected chi connectivity index (χ4v) is 2.76. The minimum atomic E-state index is 0.526. The van der Waals surface area contributed by atoms with E-state index in [1.165, 1.54) is 32.1 Å².